The van der Waals surface area contributed by atoms with Crippen LogP contribution in [0.2, 0.25) is 0 Å². The van der Waals surface area contributed by atoms with Crippen LogP contribution >= 0.6 is 0 Å². The number of aryl methyl sites for hydroxylation is 1. The van der Waals surface area contributed by atoms with Crippen molar-refractivity contribution in [3.63, 3.8) is 0 Å². The number of aromatic nitrogens is 2. The molecule has 0 fully saturated rings. The number of nitrogens with zero attached hydrogens (tertiary/aromatic N) is 2. The summed E-state index contributed by atoms with van der Waals surface area (Å²) in [4.78, 5) is 0. The molecule has 2 heterocycles. The Bertz CT molecular complexity index is 457. The van der Waals surface area contributed by atoms with Crippen molar-refractivity contribution >= 4 is 5.52 Å². The maximum atomic E-state index is 4.62. The van der Waals surface area contributed by atoms with E-state index in [1.165, 1.54) is 23.2 Å². The monoisotopic (exact) mass is 202 g/mol. The van der Waals surface area contributed by atoms with E-state index >= 15 is 0 Å². The fourth-order valence-electron chi connectivity index (χ4n) is 2.07. The van der Waals surface area contributed by atoms with Gasteiger partial charge in [0.1, 0.15) is 0 Å². The zero-order chi connectivity index (χ0) is 10.8. The van der Waals surface area contributed by atoms with Crippen molar-refractivity contribution in [1.82, 2.24) is 9.61 Å². The molecule has 0 bridgehead atoms. The lowest BCUT2D eigenvalue weighted by molar-refractivity contribution is 0.727. The Balaban J connectivity index is 2.66. The van der Waals surface area contributed by atoms with Gasteiger partial charge in [-0.1, -0.05) is 26.8 Å². The van der Waals surface area contributed by atoms with Crippen molar-refractivity contribution < 1.29 is 0 Å². The summed E-state index contributed by atoms with van der Waals surface area (Å²) in [5, 5.41) is 4.62. The molecule has 0 amide bonds. The van der Waals surface area contributed by atoms with Gasteiger partial charge in [-0.2, -0.15) is 5.10 Å². The maximum absolute atomic E-state index is 4.62. The Hall–Kier alpha value is -1.31. The molecule has 15 heavy (non-hydrogen) atoms. The summed E-state index contributed by atoms with van der Waals surface area (Å²) in [5.41, 5.74) is 3.94. The lowest BCUT2D eigenvalue weighted by atomic mass is 9.96. The first kappa shape index (κ1) is 10.2. The maximum Gasteiger partial charge on any atom is 0.0699 e. The minimum absolute atomic E-state index is 0.597. The topological polar surface area (TPSA) is 17.3 Å². The van der Waals surface area contributed by atoms with Gasteiger partial charge in [0.2, 0.25) is 0 Å². The highest BCUT2D eigenvalue weighted by atomic mass is 15.2. The Morgan fingerprint density at radius 3 is 2.80 bits per heavy atom. The van der Waals surface area contributed by atoms with Crippen LogP contribution < -0.4 is 0 Å². The molecule has 2 heteroatoms. The minimum Gasteiger partial charge on any atom is -0.240 e. The van der Waals surface area contributed by atoms with Crippen LogP contribution in [0.1, 0.15) is 44.4 Å². The largest absolute Gasteiger partial charge is 0.240 e. The molecule has 2 nitrogen and oxygen atoms in total. The van der Waals surface area contributed by atoms with Gasteiger partial charge in [0, 0.05) is 11.8 Å². The van der Waals surface area contributed by atoms with Gasteiger partial charge >= 0.3 is 0 Å². The highest BCUT2D eigenvalue weighted by Gasteiger charge is 2.15. The van der Waals surface area contributed by atoms with E-state index in [1.807, 2.05) is 16.8 Å². The Kier molecular flexibility index (Phi) is 2.76. The zero-order valence-electron chi connectivity index (χ0n) is 9.70. The van der Waals surface area contributed by atoms with Gasteiger partial charge in [0.05, 0.1) is 11.2 Å². The van der Waals surface area contributed by atoms with Crippen molar-refractivity contribution in [2.45, 2.75) is 39.5 Å². The third-order valence-corrected chi connectivity index (χ3v) is 3.09. The van der Waals surface area contributed by atoms with E-state index in [4.69, 9.17) is 0 Å². The summed E-state index contributed by atoms with van der Waals surface area (Å²) >= 11 is 0. The van der Waals surface area contributed by atoms with Crippen LogP contribution in [0.5, 0.6) is 0 Å². The predicted molar refractivity (Wildman–Crippen MR) is 63.3 cm³/mol. The summed E-state index contributed by atoms with van der Waals surface area (Å²) in [6.07, 6.45) is 4.21. The number of hydrogen-bond acceptors (Lipinski definition) is 1. The molecule has 0 N–H and O–H groups in total. The zero-order valence-corrected chi connectivity index (χ0v) is 9.70. The van der Waals surface area contributed by atoms with Gasteiger partial charge in [0.15, 0.2) is 0 Å². The fourth-order valence-corrected chi connectivity index (χ4v) is 2.07. The van der Waals surface area contributed by atoms with Gasteiger partial charge < -0.3 is 0 Å². The minimum atomic E-state index is 0.597. The fraction of sp³-hybridized carbons (Fsp3) is 0.462. The first-order chi connectivity index (χ1) is 7.27. The highest BCUT2D eigenvalue weighted by molar-refractivity contribution is 5.58. The van der Waals surface area contributed by atoms with Crippen LogP contribution in [0, 0.1) is 0 Å². The molecule has 0 saturated carbocycles. The van der Waals surface area contributed by atoms with E-state index < -0.39 is 0 Å². The number of fused-ring (bicyclic) bond motifs is 1. The number of rotatable bonds is 3. The van der Waals surface area contributed by atoms with Crippen LogP contribution in [0.3, 0.4) is 0 Å². The van der Waals surface area contributed by atoms with Gasteiger partial charge in [-0.05, 0) is 30.9 Å². The molecular formula is C13H18N2. The number of pyridine rings is 1. The van der Waals surface area contributed by atoms with Crippen molar-refractivity contribution in [3.8, 4) is 0 Å². The lowest BCUT2D eigenvalue weighted by Crippen LogP contribution is -1.95. The molecule has 0 spiro atoms. The van der Waals surface area contributed by atoms with Crippen LogP contribution in [-0.4, -0.2) is 9.61 Å². The van der Waals surface area contributed by atoms with E-state index in [-0.39, 0.29) is 0 Å². The molecule has 2 rings (SSSR count). The van der Waals surface area contributed by atoms with E-state index in [1.54, 1.807) is 0 Å². The molecule has 0 saturated heterocycles. The van der Waals surface area contributed by atoms with E-state index in [9.17, 15) is 0 Å². The lowest BCUT2D eigenvalue weighted by Gasteiger charge is -2.08. The van der Waals surface area contributed by atoms with Crippen LogP contribution in [0.15, 0.2) is 24.4 Å². The Morgan fingerprint density at radius 2 is 2.13 bits per heavy atom. The normalized spacial score (nSPS) is 13.3. The van der Waals surface area contributed by atoms with Crippen molar-refractivity contribution in [1.29, 1.82) is 0 Å². The van der Waals surface area contributed by atoms with Gasteiger partial charge in [0.25, 0.3) is 0 Å². The van der Waals surface area contributed by atoms with Gasteiger partial charge in [-0.15, -0.1) is 0 Å². The van der Waals surface area contributed by atoms with Gasteiger partial charge in [-0.3, -0.25) is 0 Å². The third-order valence-electron chi connectivity index (χ3n) is 3.09. The van der Waals surface area contributed by atoms with E-state index in [0.717, 1.165) is 6.42 Å². The standard InChI is InChI=1S/C13H18N2/c1-4-10(3)13-11(5-2)14-15-9-7-6-8-12(13)15/h6-10H,4-5H2,1-3H3/t10-/m0/s1. The molecule has 0 aliphatic rings. The smallest absolute Gasteiger partial charge is 0.0699 e. The quantitative estimate of drug-likeness (QED) is 0.745. The predicted octanol–water partition coefficient (Wildman–Crippen LogP) is 3.41. The second-order valence-corrected chi connectivity index (χ2v) is 4.05. The third kappa shape index (κ3) is 1.65. The second kappa shape index (κ2) is 4.05. The van der Waals surface area contributed by atoms with Crippen LogP contribution in [-0.2, 0) is 6.42 Å². The number of hydrogen-bond donors (Lipinski definition) is 0. The Labute approximate surface area is 90.9 Å². The van der Waals surface area contributed by atoms with Gasteiger partial charge in [-0.25, -0.2) is 4.52 Å². The van der Waals surface area contributed by atoms with Crippen LogP contribution in [0.25, 0.3) is 5.52 Å². The van der Waals surface area contributed by atoms with Crippen molar-refractivity contribution in [3.05, 3.63) is 35.7 Å². The molecule has 0 aromatic carbocycles. The SMILES string of the molecule is CCc1nn2ccccc2c1[C@@H](C)CC. The Morgan fingerprint density at radius 1 is 1.33 bits per heavy atom. The second-order valence-electron chi connectivity index (χ2n) is 4.05. The molecule has 0 radical (unpaired) electrons. The highest BCUT2D eigenvalue weighted by Crippen LogP contribution is 2.27. The average Bonchev–Trinajstić information content (AvgIpc) is 2.66. The molecule has 0 aliphatic heterocycles. The summed E-state index contributed by atoms with van der Waals surface area (Å²) in [6, 6.07) is 6.27. The molecule has 1 atom stereocenters. The first-order valence-corrected chi connectivity index (χ1v) is 5.74. The average molecular weight is 202 g/mol. The summed E-state index contributed by atoms with van der Waals surface area (Å²) < 4.78 is 2.00. The summed E-state index contributed by atoms with van der Waals surface area (Å²) in [5.74, 6) is 0.597. The molecule has 0 aliphatic carbocycles. The molecule has 0 unspecified atom stereocenters. The molecule has 2 aromatic heterocycles. The van der Waals surface area contributed by atoms with E-state index in [0.29, 0.717) is 5.92 Å². The van der Waals surface area contributed by atoms with Crippen LogP contribution in [0.4, 0.5) is 0 Å². The molecule has 2 aromatic rings. The van der Waals surface area contributed by atoms with Crippen molar-refractivity contribution in [2.75, 3.05) is 0 Å². The summed E-state index contributed by atoms with van der Waals surface area (Å²) in [6.45, 7) is 6.69. The van der Waals surface area contributed by atoms with Crippen molar-refractivity contribution in [2.24, 2.45) is 0 Å². The van der Waals surface area contributed by atoms with E-state index in [2.05, 4.69) is 38.0 Å². The molecule has 80 valence electrons. The summed E-state index contributed by atoms with van der Waals surface area (Å²) in [7, 11) is 0. The molecular weight excluding hydrogens is 184 g/mol. The first-order valence-electron chi connectivity index (χ1n) is 5.74.